The van der Waals surface area contributed by atoms with Crippen molar-refractivity contribution in [2.24, 2.45) is 11.7 Å². The van der Waals surface area contributed by atoms with Gasteiger partial charge >= 0.3 is 6.18 Å². The van der Waals surface area contributed by atoms with Gasteiger partial charge in [0.2, 0.25) is 11.8 Å². The Hall–Kier alpha value is -3.67. The minimum atomic E-state index is -4.64. The Morgan fingerprint density at radius 2 is 1.97 bits per heavy atom. The number of halogens is 3. The lowest BCUT2D eigenvalue weighted by Crippen LogP contribution is -2.44. The number of amides is 2. The molecule has 1 saturated heterocycles. The van der Waals surface area contributed by atoms with Gasteiger partial charge in [-0.15, -0.1) is 0 Å². The van der Waals surface area contributed by atoms with Gasteiger partial charge in [0, 0.05) is 36.0 Å². The predicted octanol–water partition coefficient (Wildman–Crippen LogP) is 4.07. The van der Waals surface area contributed by atoms with Crippen LogP contribution in [0.4, 0.5) is 13.2 Å². The zero-order chi connectivity index (χ0) is 27.2. The molecule has 2 fully saturated rings. The lowest BCUT2D eigenvalue weighted by Gasteiger charge is -2.25. The lowest BCUT2D eigenvalue weighted by atomic mass is 10.1. The maximum absolute atomic E-state index is 13.3. The van der Waals surface area contributed by atoms with Crippen molar-refractivity contribution in [3.8, 4) is 17.2 Å². The lowest BCUT2D eigenvalue weighted by molar-refractivity contribution is -0.141. The highest BCUT2D eigenvalue weighted by Gasteiger charge is 2.38. The van der Waals surface area contributed by atoms with Crippen molar-refractivity contribution in [3.05, 3.63) is 41.4 Å². The van der Waals surface area contributed by atoms with Crippen LogP contribution in [0, 0.1) is 5.92 Å². The number of carbonyl (C=O) groups excluding carboxylic acids is 2. The minimum Gasteiger partial charge on any atom is -0.494 e. The number of nitrogens with two attached hydrogens (primary N) is 1. The zero-order valence-corrected chi connectivity index (χ0v) is 21.0. The molecule has 5 rings (SSSR count). The number of likely N-dealkylation sites (tertiary alicyclic amines) is 1. The van der Waals surface area contributed by atoms with Gasteiger partial charge in [-0.25, -0.2) is 9.97 Å². The normalized spacial score (nSPS) is 18.6. The van der Waals surface area contributed by atoms with Crippen molar-refractivity contribution in [2.45, 2.75) is 50.9 Å². The Kier molecular flexibility index (Phi) is 6.76. The number of carbonyl (C=O) groups is 2. The number of nitrogens with zero attached hydrogens (tertiary/aromatic N) is 3. The molecule has 1 aliphatic carbocycles. The quantitative estimate of drug-likeness (QED) is 0.471. The number of fused-ring (bicyclic) bond motifs is 1. The van der Waals surface area contributed by atoms with Gasteiger partial charge in [-0.1, -0.05) is 0 Å². The van der Waals surface area contributed by atoms with E-state index in [-0.39, 0.29) is 53.0 Å². The van der Waals surface area contributed by atoms with Crippen LogP contribution in [0.1, 0.15) is 60.6 Å². The summed E-state index contributed by atoms with van der Waals surface area (Å²) in [6, 6.07) is 4.40. The van der Waals surface area contributed by atoms with Crippen molar-refractivity contribution < 1.29 is 31.9 Å². The molecule has 0 unspecified atom stereocenters. The smallest absolute Gasteiger partial charge is 0.433 e. The van der Waals surface area contributed by atoms with Gasteiger partial charge in [0.15, 0.2) is 11.5 Å². The van der Waals surface area contributed by atoms with Crippen LogP contribution >= 0.6 is 0 Å². The summed E-state index contributed by atoms with van der Waals surface area (Å²) in [5.41, 5.74) is 5.30. The highest BCUT2D eigenvalue weighted by Crippen LogP contribution is 2.37. The molecule has 9 nitrogen and oxygen atoms in total. The molecule has 1 aromatic carbocycles. The molecule has 1 saturated carbocycles. The van der Waals surface area contributed by atoms with Crippen LogP contribution in [0.25, 0.3) is 22.4 Å². The number of rotatable bonds is 7. The van der Waals surface area contributed by atoms with Crippen molar-refractivity contribution in [1.29, 1.82) is 0 Å². The number of hydrogen-bond acceptors (Lipinski definition) is 7. The van der Waals surface area contributed by atoms with Gasteiger partial charge in [0.25, 0.3) is 5.91 Å². The fourth-order valence-corrected chi connectivity index (χ4v) is 4.82. The third-order valence-electron chi connectivity index (χ3n) is 6.93. The third kappa shape index (κ3) is 4.92. The van der Waals surface area contributed by atoms with E-state index < -0.39 is 23.8 Å². The van der Waals surface area contributed by atoms with E-state index in [2.05, 4.69) is 15.3 Å². The number of methoxy groups -OCH3 is 1. The molecule has 2 atom stereocenters. The van der Waals surface area contributed by atoms with Crippen LogP contribution in [0.15, 0.2) is 28.7 Å². The van der Waals surface area contributed by atoms with Gasteiger partial charge < -0.3 is 25.1 Å². The summed E-state index contributed by atoms with van der Waals surface area (Å²) in [4.78, 5) is 35.7. The molecule has 0 radical (unpaired) electrons. The van der Waals surface area contributed by atoms with Crippen LogP contribution < -0.4 is 15.8 Å². The summed E-state index contributed by atoms with van der Waals surface area (Å²) in [6.45, 7) is 2.59. The van der Waals surface area contributed by atoms with E-state index in [1.54, 1.807) is 13.0 Å². The molecule has 0 spiro atoms. The first-order valence-electron chi connectivity index (χ1n) is 12.5. The maximum Gasteiger partial charge on any atom is 0.433 e. The van der Waals surface area contributed by atoms with Crippen LogP contribution in [0.3, 0.4) is 0 Å². The summed E-state index contributed by atoms with van der Waals surface area (Å²) >= 11 is 0. The van der Waals surface area contributed by atoms with E-state index in [1.165, 1.54) is 19.2 Å². The molecule has 0 bridgehead atoms. The Labute approximate surface area is 216 Å². The molecular formula is C26H28F3N5O4. The van der Waals surface area contributed by atoms with E-state index >= 15 is 0 Å². The van der Waals surface area contributed by atoms with E-state index in [9.17, 15) is 22.8 Å². The minimum absolute atomic E-state index is 0.0167. The predicted molar refractivity (Wildman–Crippen MR) is 131 cm³/mol. The molecule has 2 aliphatic rings. The Morgan fingerprint density at radius 3 is 2.63 bits per heavy atom. The number of pyridine rings is 1. The van der Waals surface area contributed by atoms with Crippen LogP contribution in [-0.4, -0.2) is 52.9 Å². The molecule has 2 amide bonds. The van der Waals surface area contributed by atoms with Crippen LogP contribution in [-0.2, 0) is 11.0 Å². The SMILES string of the molecule is COc1ccc(-c2nc(C(=O)NC[C@H]3CCCN3C(=O)C3CC3)c([C@H](C)N)o2)c2ccc(C(F)(F)F)nc12. The molecule has 3 aromatic rings. The summed E-state index contributed by atoms with van der Waals surface area (Å²) in [5, 5.41) is 3.16. The Balaban J connectivity index is 1.44. The molecule has 202 valence electrons. The monoisotopic (exact) mass is 531 g/mol. The Bertz CT molecular complexity index is 1380. The fraction of sp³-hybridized carbons (Fsp3) is 0.462. The molecule has 12 heteroatoms. The summed E-state index contributed by atoms with van der Waals surface area (Å²) < 4.78 is 51.0. The first-order valence-corrected chi connectivity index (χ1v) is 12.5. The van der Waals surface area contributed by atoms with Gasteiger partial charge in [0.1, 0.15) is 17.0 Å². The van der Waals surface area contributed by atoms with Crippen molar-refractivity contribution in [2.75, 3.05) is 20.2 Å². The summed E-state index contributed by atoms with van der Waals surface area (Å²) in [7, 11) is 1.34. The first-order chi connectivity index (χ1) is 18.1. The van der Waals surface area contributed by atoms with E-state index in [4.69, 9.17) is 14.9 Å². The zero-order valence-electron chi connectivity index (χ0n) is 21.0. The second-order valence-electron chi connectivity index (χ2n) is 9.74. The number of oxazole rings is 1. The third-order valence-corrected chi connectivity index (χ3v) is 6.93. The van der Waals surface area contributed by atoms with E-state index in [0.29, 0.717) is 17.5 Å². The molecule has 3 N–H and O–H groups in total. The highest BCUT2D eigenvalue weighted by molar-refractivity contribution is 5.98. The number of nitrogens with one attached hydrogen (secondary N) is 1. The largest absolute Gasteiger partial charge is 0.494 e. The molecule has 38 heavy (non-hydrogen) atoms. The standard InChI is InChI=1S/C26H28F3N5O4/c1-13(30)22-21(23(35)31-12-15-4-3-11-34(15)25(36)14-5-6-14)33-24(38-22)17-7-9-18(37-2)20-16(17)8-10-19(32-20)26(27,28)29/h7-10,13-15H,3-6,11-12,30H2,1-2H3,(H,31,35)/t13-,15+/m0/s1. The van der Waals surface area contributed by atoms with E-state index in [0.717, 1.165) is 31.7 Å². The maximum atomic E-state index is 13.3. The van der Waals surface area contributed by atoms with Gasteiger partial charge in [-0.3, -0.25) is 9.59 Å². The van der Waals surface area contributed by atoms with Crippen molar-refractivity contribution in [1.82, 2.24) is 20.2 Å². The Morgan fingerprint density at radius 1 is 1.21 bits per heavy atom. The van der Waals surface area contributed by atoms with Crippen molar-refractivity contribution >= 4 is 22.7 Å². The second kappa shape index (κ2) is 9.90. The van der Waals surface area contributed by atoms with E-state index in [1.807, 2.05) is 4.90 Å². The number of hydrogen-bond donors (Lipinski definition) is 2. The number of ether oxygens (including phenoxy) is 1. The number of alkyl halides is 3. The van der Waals surface area contributed by atoms with Crippen LogP contribution in [0.5, 0.6) is 5.75 Å². The topological polar surface area (TPSA) is 124 Å². The summed E-state index contributed by atoms with van der Waals surface area (Å²) in [6.07, 6.45) is -1.12. The molecule has 3 heterocycles. The molecule has 1 aliphatic heterocycles. The fourth-order valence-electron chi connectivity index (χ4n) is 4.82. The van der Waals surface area contributed by atoms with Gasteiger partial charge in [-0.2, -0.15) is 13.2 Å². The average Bonchev–Trinajstić information content (AvgIpc) is 3.46. The van der Waals surface area contributed by atoms with Crippen LogP contribution in [0.2, 0.25) is 0 Å². The summed E-state index contributed by atoms with van der Waals surface area (Å²) in [5.74, 6) is 0.0502. The van der Waals surface area contributed by atoms with Gasteiger partial charge in [-0.05, 0) is 56.9 Å². The first kappa shape index (κ1) is 26.0. The molecule has 2 aromatic heterocycles. The van der Waals surface area contributed by atoms with Gasteiger partial charge in [0.05, 0.1) is 13.2 Å². The number of aromatic nitrogens is 2. The van der Waals surface area contributed by atoms with Crippen molar-refractivity contribution in [3.63, 3.8) is 0 Å². The highest BCUT2D eigenvalue weighted by atomic mass is 19.4. The second-order valence-corrected chi connectivity index (χ2v) is 9.74. The average molecular weight is 532 g/mol. The number of benzene rings is 1. The molecular weight excluding hydrogens is 503 g/mol.